The molecule has 0 N–H and O–H groups in total. The first-order valence-corrected chi connectivity index (χ1v) is 9.63. The summed E-state index contributed by atoms with van der Waals surface area (Å²) < 4.78 is 16.8. The monoisotopic (exact) mass is 388 g/mol. The van der Waals surface area contributed by atoms with Gasteiger partial charge in [-0.1, -0.05) is 55.5 Å². The first kappa shape index (κ1) is 20.2. The number of carbonyl (C=O) groups excluding carboxylic acids is 1. The maximum atomic E-state index is 12.1. The van der Waals surface area contributed by atoms with Crippen LogP contribution in [-0.2, 0) is 11.4 Å². The third kappa shape index (κ3) is 6.54. The van der Waals surface area contributed by atoms with Crippen LogP contribution in [0.3, 0.4) is 0 Å². The Morgan fingerprint density at radius 1 is 0.828 bits per heavy atom. The number of rotatable bonds is 9. The molecule has 0 atom stereocenters. The van der Waals surface area contributed by atoms with E-state index < -0.39 is 5.97 Å². The fourth-order valence-electron chi connectivity index (χ4n) is 2.61. The zero-order valence-electron chi connectivity index (χ0n) is 16.4. The fourth-order valence-corrected chi connectivity index (χ4v) is 2.61. The Labute approximate surface area is 171 Å². The lowest BCUT2D eigenvalue weighted by Crippen LogP contribution is -2.04. The van der Waals surface area contributed by atoms with Gasteiger partial charge in [-0.15, -0.1) is 0 Å². The van der Waals surface area contributed by atoms with Gasteiger partial charge in [-0.3, -0.25) is 0 Å². The molecule has 4 nitrogen and oxygen atoms in total. The highest BCUT2D eigenvalue weighted by molar-refractivity contribution is 5.89. The zero-order chi connectivity index (χ0) is 20.3. The highest BCUT2D eigenvalue weighted by Gasteiger charge is 2.04. The second kappa shape index (κ2) is 10.7. The lowest BCUT2D eigenvalue weighted by Gasteiger charge is -2.08. The molecule has 0 radical (unpaired) electrons. The lowest BCUT2D eigenvalue weighted by molar-refractivity contribution is -0.128. The van der Waals surface area contributed by atoms with Crippen molar-refractivity contribution in [1.82, 2.24) is 0 Å². The Hall–Kier alpha value is -3.53. The first-order valence-electron chi connectivity index (χ1n) is 9.63. The van der Waals surface area contributed by atoms with Crippen LogP contribution in [-0.4, -0.2) is 12.6 Å². The maximum Gasteiger partial charge on any atom is 0.336 e. The van der Waals surface area contributed by atoms with E-state index in [1.54, 1.807) is 30.3 Å². The molecule has 0 aliphatic rings. The average Bonchev–Trinajstić information content (AvgIpc) is 2.77. The molecule has 0 fully saturated rings. The Balaban J connectivity index is 1.53. The summed E-state index contributed by atoms with van der Waals surface area (Å²) in [6, 6.07) is 24.5. The maximum absolute atomic E-state index is 12.1. The van der Waals surface area contributed by atoms with Crippen molar-refractivity contribution in [1.29, 1.82) is 0 Å². The summed E-state index contributed by atoms with van der Waals surface area (Å²) in [5.74, 6) is 1.47. The quantitative estimate of drug-likeness (QED) is 0.269. The molecule has 29 heavy (non-hydrogen) atoms. The SMILES string of the molecule is CCCOc1ccccc1/C=C/C(=O)Oc1ccc(OCc2ccccc2)cc1. The van der Waals surface area contributed by atoms with Crippen LogP contribution in [0.1, 0.15) is 24.5 Å². The average molecular weight is 388 g/mol. The Kier molecular flexibility index (Phi) is 7.47. The summed E-state index contributed by atoms with van der Waals surface area (Å²) in [6.07, 6.45) is 4.02. The number of hydrogen-bond acceptors (Lipinski definition) is 4. The number of carbonyl (C=O) groups is 1. The molecule has 0 bridgehead atoms. The van der Waals surface area contributed by atoms with Crippen molar-refractivity contribution in [3.05, 3.63) is 96.1 Å². The van der Waals surface area contributed by atoms with Crippen LogP contribution in [0.5, 0.6) is 17.2 Å². The van der Waals surface area contributed by atoms with Gasteiger partial charge in [0.25, 0.3) is 0 Å². The molecule has 4 heteroatoms. The summed E-state index contributed by atoms with van der Waals surface area (Å²) >= 11 is 0. The van der Waals surface area contributed by atoms with Crippen LogP contribution < -0.4 is 14.2 Å². The minimum atomic E-state index is -0.451. The van der Waals surface area contributed by atoms with Crippen molar-refractivity contribution in [2.45, 2.75) is 20.0 Å². The van der Waals surface area contributed by atoms with Gasteiger partial charge in [0.2, 0.25) is 0 Å². The number of hydrogen-bond donors (Lipinski definition) is 0. The van der Waals surface area contributed by atoms with E-state index in [1.165, 1.54) is 6.08 Å². The molecule has 3 rings (SSSR count). The topological polar surface area (TPSA) is 44.8 Å². The third-order valence-corrected chi connectivity index (χ3v) is 4.07. The van der Waals surface area contributed by atoms with E-state index in [-0.39, 0.29) is 0 Å². The zero-order valence-corrected chi connectivity index (χ0v) is 16.4. The van der Waals surface area contributed by atoms with E-state index in [9.17, 15) is 4.79 Å². The second-order valence-corrected chi connectivity index (χ2v) is 6.39. The van der Waals surface area contributed by atoms with E-state index in [0.717, 1.165) is 23.3 Å². The Morgan fingerprint density at radius 3 is 2.28 bits per heavy atom. The highest BCUT2D eigenvalue weighted by atomic mass is 16.5. The van der Waals surface area contributed by atoms with Crippen molar-refractivity contribution in [3.8, 4) is 17.2 Å². The predicted octanol–water partition coefficient (Wildman–Crippen LogP) is 5.67. The van der Waals surface area contributed by atoms with Crippen LogP contribution in [0.25, 0.3) is 6.08 Å². The van der Waals surface area contributed by atoms with Crippen LogP contribution in [0.15, 0.2) is 84.9 Å². The minimum Gasteiger partial charge on any atom is -0.493 e. The normalized spacial score (nSPS) is 10.7. The molecule has 0 aromatic heterocycles. The summed E-state index contributed by atoms with van der Waals surface area (Å²) in [7, 11) is 0. The molecule has 0 heterocycles. The molecular formula is C25H24O4. The standard InChI is InChI=1S/C25H24O4/c1-2-18-27-24-11-7-6-10-21(24)12-17-25(26)29-23-15-13-22(14-16-23)28-19-20-8-4-3-5-9-20/h3-17H,2,18-19H2,1H3/b17-12+. The van der Waals surface area contributed by atoms with Crippen LogP contribution in [0.2, 0.25) is 0 Å². The van der Waals surface area contributed by atoms with Crippen molar-refractivity contribution in [2.75, 3.05) is 6.61 Å². The molecule has 0 unspecified atom stereocenters. The van der Waals surface area contributed by atoms with E-state index >= 15 is 0 Å². The first-order chi connectivity index (χ1) is 14.2. The number of benzene rings is 3. The molecule has 0 aliphatic carbocycles. The molecule has 3 aromatic carbocycles. The number of ether oxygens (including phenoxy) is 3. The summed E-state index contributed by atoms with van der Waals surface area (Å²) in [6.45, 7) is 3.17. The third-order valence-electron chi connectivity index (χ3n) is 4.07. The summed E-state index contributed by atoms with van der Waals surface area (Å²) in [5.41, 5.74) is 1.93. The van der Waals surface area contributed by atoms with Crippen molar-refractivity contribution in [2.24, 2.45) is 0 Å². The van der Waals surface area contributed by atoms with E-state index in [2.05, 4.69) is 0 Å². The molecule has 3 aromatic rings. The van der Waals surface area contributed by atoms with Gasteiger partial charge >= 0.3 is 5.97 Å². The largest absolute Gasteiger partial charge is 0.493 e. The fraction of sp³-hybridized carbons (Fsp3) is 0.160. The molecular weight excluding hydrogens is 364 g/mol. The van der Waals surface area contributed by atoms with Gasteiger partial charge in [0, 0.05) is 11.6 Å². The molecule has 0 spiro atoms. The van der Waals surface area contributed by atoms with Crippen molar-refractivity contribution in [3.63, 3.8) is 0 Å². The summed E-state index contributed by atoms with van der Waals surface area (Å²) in [4.78, 5) is 12.1. The van der Waals surface area contributed by atoms with Gasteiger partial charge in [-0.25, -0.2) is 4.79 Å². The number of esters is 1. The molecule has 0 saturated carbocycles. The predicted molar refractivity (Wildman–Crippen MR) is 114 cm³/mol. The van der Waals surface area contributed by atoms with Gasteiger partial charge in [0.15, 0.2) is 0 Å². The van der Waals surface area contributed by atoms with Gasteiger partial charge in [0.05, 0.1) is 6.61 Å². The Bertz CT molecular complexity index is 931. The Morgan fingerprint density at radius 2 is 1.52 bits per heavy atom. The van der Waals surface area contributed by atoms with Gasteiger partial charge in [-0.05, 0) is 48.4 Å². The second-order valence-electron chi connectivity index (χ2n) is 6.39. The number of para-hydroxylation sites is 1. The smallest absolute Gasteiger partial charge is 0.336 e. The lowest BCUT2D eigenvalue weighted by atomic mass is 10.2. The van der Waals surface area contributed by atoms with Crippen molar-refractivity contribution >= 4 is 12.0 Å². The van der Waals surface area contributed by atoms with E-state index in [1.807, 2.05) is 61.5 Å². The molecule has 0 aliphatic heterocycles. The minimum absolute atomic E-state index is 0.451. The van der Waals surface area contributed by atoms with Crippen LogP contribution >= 0.6 is 0 Å². The van der Waals surface area contributed by atoms with E-state index in [0.29, 0.717) is 24.7 Å². The van der Waals surface area contributed by atoms with Gasteiger partial charge < -0.3 is 14.2 Å². The van der Waals surface area contributed by atoms with E-state index in [4.69, 9.17) is 14.2 Å². The highest BCUT2D eigenvalue weighted by Crippen LogP contribution is 2.21. The molecule has 0 saturated heterocycles. The molecule has 0 amide bonds. The summed E-state index contributed by atoms with van der Waals surface area (Å²) in [5, 5.41) is 0. The van der Waals surface area contributed by atoms with Gasteiger partial charge in [0.1, 0.15) is 23.9 Å². The van der Waals surface area contributed by atoms with Crippen LogP contribution in [0, 0.1) is 0 Å². The van der Waals surface area contributed by atoms with Crippen molar-refractivity contribution < 1.29 is 19.0 Å². The van der Waals surface area contributed by atoms with Gasteiger partial charge in [-0.2, -0.15) is 0 Å². The van der Waals surface area contributed by atoms with Crippen LogP contribution in [0.4, 0.5) is 0 Å². The molecule has 148 valence electrons.